The summed E-state index contributed by atoms with van der Waals surface area (Å²) >= 11 is 6.67. The van der Waals surface area contributed by atoms with Gasteiger partial charge in [0.15, 0.2) is 6.29 Å². The van der Waals surface area contributed by atoms with E-state index >= 15 is 0 Å². The Balaban J connectivity index is 2.21. The van der Waals surface area contributed by atoms with Gasteiger partial charge in [0.05, 0.1) is 0 Å². The standard InChI is InChI=1S/C13H8Br2O2/c14-10-2-5-11(6-3-10)17-12-4-1-9(8-16)13(15)7-12/h1-8H. The lowest BCUT2D eigenvalue weighted by Crippen LogP contribution is -1.87. The van der Waals surface area contributed by atoms with Crippen LogP contribution in [0, 0.1) is 0 Å². The van der Waals surface area contributed by atoms with Crippen molar-refractivity contribution in [3.8, 4) is 11.5 Å². The van der Waals surface area contributed by atoms with Crippen LogP contribution in [0.15, 0.2) is 51.4 Å². The van der Waals surface area contributed by atoms with Crippen molar-refractivity contribution in [3.63, 3.8) is 0 Å². The number of halogens is 2. The van der Waals surface area contributed by atoms with Crippen LogP contribution in [-0.2, 0) is 0 Å². The average molecular weight is 356 g/mol. The predicted molar refractivity (Wildman–Crippen MR) is 73.7 cm³/mol. The molecule has 0 saturated heterocycles. The van der Waals surface area contributed by atoms with E-state index < -0.39 is 0 Å². The highest BCUT2D eigenvalue weighted by Crippen LogP contribution is 2.27. The van der Waals surface area contributed by atoms with Crippen molar-refractivity contribution in [3.05, 3.63) is 57.0 Å². The third-order valence-electron chi connectivity index (χ3n) is 2.15. The number of aldehydes is 1. The number of ether oxygens (including phenoxy) is 1. The van der Waals surface area contributed by atoms with Gasteiger partial charge >= 0.3 is 0 Å². The van der Waals surface area contributed by atoms with Crippen molar-refractivity contribution in [2.45, 2.75) is 0 Å². The molecule has 0 atom stereocenters. The van der Waals surface area contributed by atoms with Crippen molar-refractivity contribution in [2.24, 2.45) is 0 Å². The summed E-state index contributed by atoms with van der Waals surface area (Å²) in [4.78, 5) is 10.7. The van der Waals surface area contributed by atoms with Gasteiger partial charge in [-0.2, -0.15) is 0 Å². The molecule has 4 heteroatoms. The Hall–Kier alpha value is -1.13. The number of benzene rings is 2. The van der Waals surface area contributed by atoms with E-state index in [1.807, 2.05) is 24.3 Å². The molecular weight excluding hydrogens is 348 g/mol. The maximum Gasteiger partial charge on any atom is 0.151 e. The van der Waals surface area contributed by atoms with Crippen molar-refractivity contribution in [1.82, 2.24) is 0 Å². The molecule has 0 heterocycles. The molecule has 2 aromatic rings. The van der Waals surface area contributed by atoms with Crippen LogP contribution in [0.25, 0.3) is 0 Å². The zero-order valence-corrected chi connectivity index (χ0v) is 11.9. The Bertz CT molecular complexity index is 536. The Morgan fingerprint density at radius 2 is 1.59 bits per heavy atom. The molecule has 0 aliphatic heterocycles. The first kappa shape index (κ1) is 12.3. The first-order valence-electron chi connectivity index (χ1n) is 4.87. The molecule has 0 aliphatic rings. The van der Waals surface area contributed by atoms with Crippen LogP contribution in [0.5, 0.6) is 11.5 Å². The van der Waals surface area contributed by atoms with E-state index in [1.54, 1.807) is 18.2 Å². The van der Waals surface area contributed by atoms with Crippen LogP contribution in [0.1, 0.15) is 10.4 Å². The smallest absolute Gasteiger partial charge is 0.151 e. The number of carbonyl (C=O) groups is 1. The molecule has 0 aromatic heterocycles. The summed E-state index contributed by atoms with van der Waals surface area (Å²) in [6.45, 7) is 0. The van der Waals surface area contributed by atoms with Crippen LogP contribution >= 0.6 is 31.9 Å². The number of carbonyl (C=O) groups excluding carboxylic acids is 1. The van der Waals surface area contributed by atoms with E-state index in [0.29, 0.717) is 11.3 Å². The molecule has 2 aromatic carbocycles. The summed E-state index contributed by atoms with van der Waals surface area (Å²) in [7, 11) is 0. The van der Waals surface area contributed by atoms with Gasteiger partial charge in [-0.05, 0) is 58.4 Å². The third kappa shape index (κ3) is 3.17. The largest absolute Gasteiger partial charge is 0.457 e. The van der Waals surface area contributed by atoms with Crippen LogP contribution < -0.4 is 4.74 Å². The molecule has 17 heavy (non-hydrogen) atoms. The quantitative estimate of drug-likeness (QED) is 0.738. The zero-order chi connectivity index (χ0) is 12.3. The topological polar surface area (TPSA) is 26.3 Å². The van der Waals surface area contributed by atoms with Crippen molar-refractivity contribution in [1.29, 1.82) is 0 Å². The first-order chi connectivity index (χ1) is 8.19. The lowest BCUT2D eigenvalue weighted by Gasteiger charge is -2.06. The molecule has 0 spiro atoms. The minimum Gasteiger partial charge on any atom is -0.457 e. The fraction of sp³-hybridized carbons (Fsp3) is 0. The van der Waals surface area contributed by atoms with Gasteiger partial charge in [0.2, 0.25) is 0 Å². The van der Waals surface area contributed by atoms with E-state index in [9.17, 15) is 4.79 Å². The molecular formula is C13H8Br2O2. The highest BCUT2D eigenvalue weighted by Gasteiger charge is 2.02. The molecule has 0 unspecified atom stereocenters. The second-order valence-corrected chi connectivity index (χ2v) is 5.13. The molecule has 0 bridgehead atoms. The van der Waals surface area contributed by atoms with Gasteiger partial charge in [-0.1, -0.05) is 15.9 Å². The van der Waals surface area contributed by atoms with E-state index in [4.69, 9.17) is 4.74 Å². The second kappa shape index (κ2) is 5.47. The van der Waals surface area contributed by atoms with Crippen LogP contribution in [0.4, 0.5) is 0 Å². The molecule has 2 nitrogen and oxygen atoms in total. The summed E-state index contributed by atoms with van der Waals surface area (Å²) in [5.41, 5.74) is 0.605. The van der Waals surface area contributed by atoms with Crippen molar-refractivity contribution < 1.29 is 9.53 Å². The Kier molecular flexibility index (Phi) is 3.97. The first-order valence-corrected chi connectivity index (χ1v) is 6.46. The van der Waals surface area contributed by atoms with E-state index in [-0.39, 0.29) is 0 Å². The van der Waals surface area contributed by atoms with Gasteiger partial charge in [0.25, 0.3) is 0 Å². The van der Waals surface area contributed by atoms with Gasteiger partial charge in [-0.15, -0.1) is 0 Å². The predicted octanol–water partition coefficient (Wildman–Crippen LogP) is 4.82. The summed E-state index contributed by atoms with van der Waals surface area (Å²) in [5.74, 6) is 1.43. The van der Waals surface area contributed by atoms with E-state index in [1.165, 1.54) is 0 Å². The Morgan fingerprint density at radius 1 is 0.941 bits per heavy atom. The average Bonchev–Trinajstić information content (AvgIpc) is 2.32. The summed E-state index contributed by atoms with van der Waals surface area (Å²) in [6.07, 6.45) is 0.799. The molecule has 0 saturated carbocycles. The van der Waals surface area contributed by atoms with E-state index in [0.717, 1.165) is 21.0 Å². The monoisotopic (exact) mass is 354 g/mol. The summed E-state index contributed by atoms with van der Waals surface area (Å²) in [6, 6.07) is 12.8. The Morgan fingerprint density at radius 3 is 2.18 bits per heavy atom. The molecule has 0 aliphatic carbocycles. The zero-order valence-electron chi connectivity index (χ0n) is 8.69. The maximum atomic E-state index is 10.7. The van der Waals surface area contributed by atoms with Crippen LogP contribution in [0.2, 0.25) is 0 Å². The normalized spacial score (nSPS) is 10.0. The van der Waals surface area contributed by atoms with Crippen LogP contribution in [-0.4, -0.2) is 6.29 Å². The number of hydrogen-bond acceptors (Lipinski definition) is 2. The highest BCUT2D eigenvalue weighted by molar-refractivity contribution is 9.10. The minimum atomic E-state index is 0.605. The molecule has 0 N–H and O–H groups in total. The van der Waals surface area contributed by atoms with Crippen molar-refractivity contribution in [2.75, 3.05) is 0 Å². The number of rotatable bonds is 3. The van der Waals surface area contributed by atoms with Gasteiger partial charge < -0.3 is 4.74 Å². The molecule has 0 amide bonds. The number of hydrogen-bond donors (Lipinski definition) is 0. The van der Waals surface area contributed by atoms with Gasteiger partial charge in [-0.25, -0.2) is 0 Å². The maximum absolute atomic E-state index is 10.7. The Labute approximate surface area is 116 Å². The SMILES string of the molecule is O=Cc1ccc(Oc2ccc(Br)cc2)cc1Br. The molecule has 86 valence electrons. The lowest BCUT2D eigenvalue weighted by molar-refractivity contribution is 0.112. The summed E-state index contributed by atoms with van der Waals surface area (Å²) < 4.78 is 7.37. The lowest BCUT2D eigenvalue weighted by atomic mass is 10.2. The van der Waals surface area contributed by atoms with Gasteiger partial charge in [0.1, 0.15) is 11.5 Å². The van der Waals surface area contributed by atoms with Gasteiger partial charge in [-0.3, -0.25) is 4.79 Å². The third-order valence-corrected chi connectivity index (χ3v) is 3.36. The fourth-order valence-corrected chi connectivity index (χ4v) is 2.02. The second-order valence-electron chi connectivity index (χ2n) is 3.36. The van der Waals surface area contributed by atoms with Gasteiger partial charge in [0, 0.05) is 14.5 Å². The highest BCUT2D eigenvalue weighted by atomic mass is 79.9. The summed E-state index contributed by atoms with van der Waals surface area (Å²) in [5, 5.41) is 0. The van der Waals surface area contributed by atoms with E-state index in [2.05, 4.69) is 31.9 Å². The fourth-order valence-electron chi connectivity index (χ4n) is 1.31. The minimum absolute atomic E-state index is 0.605. The molecule has 0 fully saturated rings. The molecule has 0 radical (unpaired) electrons. The van der Waals surface area contributed by atoms with Crippen molar-refractivity contribution >= 4 is 38.1 Å². The molecule has 2 rings (SSSR count). The van der Waals surface area contributed by atoms with Crippen LogP contribution in [0.3, 0.4) is 0 Å².